The van der Waals surface area contributed by atoms with Gasteiger partial charge in [0.2, 0.25) is 9.76 Å². The van der Waals surface area contributed by atoms with Crippen molar-refractivity contribution in [3.63, 3.8) is 0 Å². The number of hydrogen-bond donors (Lipinski definition) is 0. The number of cyclic esters (lactones) is 4. The van der Waals surface area contributed by atoms with Crippen LogP contribution in [0.1, 0.15) is 12.8 Å². The summed E-state index contributed by atoms with van der Waals surface area (Å²) in [5.41, 5.74) is 0. The fourth-order valence-electron chi connectivity index (χ4n) is 2.63. The molecule has 25 heavy (non-hydrogen) atoms. The Morgan fingerprint density at radius 2 is 1.56 bits per heavy atom. The summed E-state index contributed by atoms with van der Waals surface area (Å²) in [4.78, 5) is 21.9. The van der Waals surface area contributed by atoms with E-state index < -0.39 is 29.2 Å². The van der Waals surface area contributed by atoms with E-state index in [0.717, 1.165) is 18.5 Å². The largest absolute Gasteiger partial charge is 0.508 e. The highest BCUT2D eigenvalue weighted by molar-refractivity contribution is 6.83. The van der Waals surface area contributed by atoms with E-state index in [0.29, 0.717) is 19.6 Å². The molecule has 8 nitrogen and oxygen atoms in total. The van der Waals surface area contributed by atoms with E-state index in [2.05, 4.69) is 26.2 Å². The van der Waals surface area contributed by atoms with Crippen molar-refractivity contribution in [2.45, 2.75) is 63.3 Å². The number of ether oxygens (including phenoxy) is 4. The Bertz CT molecular complexity index is 483. The van der Waals surface area contributed by atoms with Gasteiger partial charge in [-0.25, -0.2) is 9.59 Å². The number of carbonyl (C=O) groups excluding carboxylic acids is 2. The third-order valence-corrected chi connectivity index (χ3v) is 11.8. The molecule has 0 amide bonds. The van der Waals surface area contributed by atoms with E-state index in [-0.39, 0.29) is 22.0 Å². The first-order chi connectivity index (χ1) is 11.7. The second-order valence-corrected chi connectivity index (χ2v) is 16.7. The highest BCUT2D eigenvalue weighted by Gasteiger charge is 2.38. The van der Waals surface area contributed by atoms with Gasteiger partial charge in [-0.1, -0.05) is 0 Å². The van der Waals surface area contributed by atoms with Gasteiger partial charge in [-0.3, -0.25) is 0 Å². The van der Waals surface area contributed by atoms with Crippen LogP contribution in [0.25, 0.3) is 0 Å². The minimum Gasteiger partial charge on any atom is -0.437 e. The quantitative estimate of drug-likeness (QED) is 0.311. The maximum absolute atomic E-state index is 11.0. The summed E-state index contributed by atoms with van der Waals surface area (Å²) in [5.74, 6) is 0. The molecule has 0 spiro atoms. The van der Waals surface area contributed by atoms with Crippen molar-refractivity contribution in [2.24, 2.45) is 0 Å². The fraction of sp³-hybridized carbons (Fsp3) is 0.857. The molecule has 0 bridgehead atoms. The van der Waals surface area contributed by atoms with Gasteiger partial charge in [0, 0.05) is 0 Å². The van der Waals surface area contributed by atoms with Gasteiger partial charge in [-0.15, -0.1) is 0 Å². The zero-order chi connectivity index (χ0) is 18.5. The highest BCUT2D eigenvalue weighted by atomic mass is 28.5. The average molecular weight is 407 g/mol. The Balaban J connectivity index is 1.77. The van der Waals surface area contributed by atoms with Crippen LogP contribution in [0.15, 0.2) is 0 Å². The first-order valence-electron chi connectivity index (χ1n) is 8.43. The smallest absolute Gasteiger partial charge is 0.437 e. The molecular formula is C14H26O8Si3. The van der Waals surface area contributed by atoms with Gasteiger partial charge in [-0.2, -0.15) is 0 Å². The van der Waals surface area contributed by atoms with Crippen LogP contribution in [0.4, 0.5) is 9.59 Å². The van der Waals surface area contributed by atoms with Gasteiger partial charge in [0.15, 0.2) is 8.32 Å². The summed E-state index contributed by atoms with van der Waals surface area (Å²) in [6, 6.07) is 1.54. The van der Waals surface area contributed by atoms with E-state index in [9.17, 15) is 9.59 Å². The van der Waals surface area contributed by atoms with Crippen LogP contribution in [0.5, 0.6) is 0 Å². The minimum atomic E-state index is -2.38. The normalized spacial score (nSPS) is 25.8. The van der Waals surface area contributed by atoms with Crippen LogP contribution in [0.3, 0.4) is 0 Å². The predicted octanol–water partition coefficient (Wildman–Crippen LogP) is 2.82. The third-order valence-electron chi connectivity index (χ3n) is 3.60. The molecule has 3 unspecified atom stereocenters. The van der Waals surface area contributed by atoms with E-state index in [1.165, 1.54) is 0 Å². The third kappa shape index (κ3) is 7.48. The van der Waals surface area contributed by atoms with E-state index in [1.807, 2.05) is 0 Å². The van der Waals surface area contributed by atoms with Crippen molar-refractivity contribution >= 4 is 39.0 Å². The molecule has 2 radical (unpaired) electrons. The average Bonchev–Trinajstić information content (AvgIpc) is 3.08. The van der Waals surface area contributed by atoms with E-state index >= 15 is 0 Å². The molecule has 2 heterocycles. The van der Waals surface area contributed by atoms with Crippen molar-refractivity contribution in [3.05, 3.63) is 0 Å². The first-order valence-corrected chi connectivity index (χ1v) is 15.5. The summed E-state index contributed by atoms with van der Waals surface area (Å²) >= 11 is 0. The van der Waals surface area contributed by atoms with Gasteiger partial charge in [0.05, 0.1) is 0 Å². The maximum atomic E-state index is 11.0. The van der Waals surface area contributed by atoms with Gasteiger partial charge >= 0.3 is 20.9 Å². The first kappa shape index (κ1) is 20.4. The molecule has 11 heteroatoms. The highest BCUT2D eigenvalue weighted by Crippen LogP contribution is 2.25. The monoisotopic (exact) mass is 406 g/mol. The Morgan fingerprint density at radius 1 is 1.00 bits per heavy atom. The van der Waals surface area contributed by atoms with Crippen molar-refractivity contribution < 1.29 is 36.8 Å². The summed E-state index contributed by atoms with van der Waals surface area (Å²) in [7, 11) is -3.86. The molecule has 0 aliphatic carbocycles. The standard InChI is InChI=1S/C14H26O8Si3/c1-24(2,3)22-25(4,8-6-12-10-18-14(16)20-12)21-23-7-5-11-9-17-13(15)19-11/h11-12H,5-10H2,1-4H3. The zero-order valence-electron chi connectivity index (χ0n) is 15.2. The lowest BCUT2D eigenvalue weighted by molar-refractivity contribution is 0.116. The molecule has 0 aromatic carbocycles. The summed E-state index contributed by atoms with van der Waals surface area (Å²) in [5, 5.41) is 0. The molecule has 2 saturated heterocycles. The van der Waals surface area contributed by atoms with Crippen LogP contribution in [-0.2, 0) is 27.2 Å². The van der Waals surface area contributed by atoms with Crippen molar-refractivity contribution in [1.82, 2.24) is 0 Å². The molecule has 2 fully saturated rings. The van der Waals surface area contributed by atoms with Crippen LogP contribution < -0.4 is 0 Å². The second-order valence-electron chi connectivity index (χ2n) is 7.27. The number of rotatable bonds is 10. The molecule has 2 rings (SSSR count). The Morgan fingerprint density at radius 3 is 2.04 bits per heavy atom. The van der Waals surface area contributed by atoms with Gasteiger partial charge in [0.1, 0.15) is 25.4 Å². The van der Waals surface area contributed by atoms with Crippen molar-refractivity contribution in [3.8, 4) is 0 Å². The van der Waals surface area contributed by atoms with Gasteiger partial charge < -0.3 is 27.2 Å². The second kappa shape index (κ2) is 8.66. The lowest BCUT2D eigenvalue weighted by Gasteiger charge is -2.34. The van der Waals surface area contributed by atoms with Gasteiger partial charge in [0.25, 0.3) is 0 Å². The Labute approximate surface area is 152 Å². The summed E-state index contributed by atoms with van der Waals surface area (Å²) < 4.78 is 32.3. The van der Waals surface area contributed by atoms with Crippen LogP contribution >= 0.6 is 0 Å². The Hall–Kier alpha value is -0.889. The van der Waals surface area contributed by atoms with Crippen LogP contribution in [-0.4, -0.2) is 64.4 Å². The lowest BCUT2D eigenvalue weighted by Crippen LogP contribution is -2.48. The molecule has 0 N–H and O–H groups in total. The predicted molar refractivity (Wildman–Crippen MR) is 94.2 cm³/mol. The Kier molecular flexibility index (Phi) is 7.08. The number of hydrogen-bond acceptors (Lipinski definition) is 8. The van der Waals surface area contributed by atoms with E-state index in [4.69, 9.17) is 27.2 Å². The zero-order valence-corrected chi connectivity index (χ0v) is 18.2. The molecule has 0 saturated carbocycles. The summed E-state index contributed by atoms with van der Waals surface area (Å²) in [6.45, 7) is 9.09. The number of carbonyl (C=O) groups is 2. The lowest BCUT2D eigenvalue weighted by atomic mass is 10.3. The fourth-order valence-corrected chi connectivity index (χ4v) is 12.1. The molecular weight excluding hydrogens is 380 g/mol. The van der Waals surface area contributed by atoms with Gasteiger partial charge in [-0.05, 0) is 51.1 Å². The van der Waals surface area contributed by atoms with E-state index in [1.54, 1.807) is 0 Å². The SMILES string of the molecule is C[Si](C)(C)O[Si](C)(CCC1COC(=O)O1)O[Si]CCC1COC(=O)O1. The molecule has 2 aliphatic rings. The minimum absolute atomic E-state index is 0.176. The molecule has 3 atom stereocenters. The van der Waals surface area contributed by atoms with Crippen molar-refractivity contribution in [2.75, 3.05) is 13.2 Å². The molecule has 142 valence electrons. The van der Waals surface area contributed by atoms with Crippen molar-refractivity contribution in [1.29, 1.82) is 0 Å². The molecule has 2 aliphatic heterocycles. The topological polar surface area (TPSA) is 89.5 Å². The molecule has 0 aromatic rings. The summed E-state index contributed by atoms with van der Waals surface area (Å²) in [6.07, 6.45) is -0.191. The van der Waals surface area contributed by atoms with Crippen LogP contribution in [0, 0.1) is 0 Å². The molecule has 0 aromatic heterocycles. The van der Waals surface area contributed by atoms with Crippen LogP contribution in [0.2, 0.25) is 38.3 Å². The maximum Gasteiger partial charge on any atom is 0.508 e.